The maximum atomic E-state index is 11.9. The summed E-state index contributed by atoms with van der Waals surface area (Å²) in [5.74, 6) is 1.01. The molecule has 1 amide bonds. The fourth-order valence-corrected chi connectivity index (χ4v) is 2.36. The van der Waals surface area contributed by atoms with Gasteiger partial charge >= 0.3 is 0 Å². The first-order valence-electron chi connectivity index (χ1n) is 6.94. The summed E-state index contributed by atoms with van der Waals surface area (Å²) in [6.45, 7) is 6.19. The van der Waals surface area contributed by atoms with Gasteiger partial charge in [-0.3, -0.25) is 4.79 Å². The number of hydrogen-bond donors (Lipinski definition) is 2. The van der Waals surface area contributed by atoms with Crippen molar-refractivity contribution in [2.24, 2.45) is 0 Å². The van der Waals surface area contributed by atoms with Crippen LogP contribution in [0.3, 0.4) is 0 Å². The first kappa shape index (κ1) is 13.9. The molecule has 2 N–H and O–H groups in total. The SMILES string of the molecule is CCOc1ccc(CNC(=O)C2CCCN2)cc1C. The van der Waals surface area contributed by atoms with Crippen molar-refractivity contribution in [3.05, 3.63) is 29.3 Å². The van der Waals surface area contributed by atoms with E-state index in [1.54, 1.807) is 0 Å². The maximum absolute atomic E-state index is 11.9. The Labute approximate surface area is 114 Å². The highest BCUT2D eigenvalue weighted by Crippen LogP contribution is 2.19. The van der Waals surface area contributed by atoms with Gasteiger partial charge in [0.05, 0.1) is 12.6 Å². The average Bonchev–Trinajstić information content (AvgIpc) is 2.93. The molecule has 1 atom stereocenters. The number of carbonyl (C=O) groups excluding carboxylic acids is 1. The fraction of sp³-hybridized carbons (Fsp3) is 0.533. The van der Waals surface area contributed by atoms with Crippen molar-refractivity contribution in [1.82, 2.24) is 10.6 Å². The molecule has 1 aliphatic rings. The third-order valence-corrected chi connectivity index (χ3v) is 3.38. The molecule has 4 heteroatoms. The van der Waals surface area contributed by atoms with Gasteiger partial charge < -0.3 is 15.4 Å². The zero-order valence-electron chi connectivity index (χ0n) is 11.7. The van der Waals surface area contributed by atoms with E-state index in [0.29, 0.717) is 13.2 Å². The third kappa shape index (κ3) is 3.70. The van der Waals surface area contributed by atoms with E-state index >= 15 is 0 Å². The van der Waals surface area contributed by atoms with Crippen LogP contribution < -0.4 is 15.4 Å². The highest BCUT2D eigenvalue weighted by molar-refractivity contribution is 5.81. The van der Waals surface area contributed by atoms with Gasteiger partial charge in [-0.1, -0.05) is 12.1 Å². The zero-order chi connectivity index (χ0) is 13.7. The zero-order valence-corrected chi connectivity index (χ0v) is 11.7. The van der Waals surface area contributed by atoms with Crippen LogP contribution >= 0.6 is 0 Å². The first-order chi connectivity index (χ1) is 9.20. The predicted octanol–water partition coefficient (Wildman–Crippen LogP) is 1.76. The van der Waals surface area contributed by atoms with Crippen LogP contribution in [0, 0.1) is 6.92 Å². The molecule has 0 aliphatic carbocycles. The lowest BCUT2D eigenvalue weighted by atomic mass is 10.1. The minimum Gasteiger partial charge on any atom is -0.494 e. The first-order valence-corrected chi connectivity index (χ1v) is 6.94. The number of rotatable bonds is 5. The minimum absolute atomic E-state index is 0.0104. The molecular weight excluding hydrogens is 240 g/mol. The number of hydrogen-bond acceptors (Lipinski definition) is 3. The largest absolute Gasteiger partial charge is 0.494 e. The van der Waals surface area contributed by atoms with Crippen LogP contribution in [0.4, 0.5) is 0 Å². The quantitative estimate of drug-likeness (QED) is 0.850. The molecular formula is C15H22N2O2. The Bertz CT molecular complexity index is 440. The minimum atomic E-state index is -0.0104. The highest BCUT2D eigenvalue weighted by Gasteiger charge is 2.21. The number of ether oxygens (including phenoxy) is 1. The maximum Gasteiger partial charge on any atom is 0.237 e. The second kappa shape index (κ2) is 6.57. The van der Waals surface area contributed by atoms with Crippen molar-refractivity contribution in [1.29, 1.82) is 0 Å². The molecule has 0 spiro atoms. The molecule has 1 unspecified atom stereocenters. The van der Waals surface area contributed by atoms with Gasteiger partial charge in [-0.15, -0.1) is 0 Å². The molecule has 19 heavy (non-hydrogen) atoms. The average molecular weight is 262 g/mol. The summed E-state index contributed by atoms with van der Waals surface area (Å²) in [6, 6.07) is 6.02. The standard InChI is InChI=1S/C15H22N2O2/c1-3-19-14-7-6-12(9-11(14)2)10-17-15(18)13-5-4-8-16-13/h6-7,9,13,16H,3-5,8,10H2,1-2H3,(H,17,18). The van der Waals surface area contributed by atoms with Crippen molar-refractivity contribution in [2.45, 2.75) is 39.3 Å². The van der Waals surface area contributed by atoms with Gasteiger partial charge in [0.25, 0.3) is 0 Å². The van der Waals surface area contributed by atoms with E-state index in [4.69, 9.17) is 4.74 Å². The molecule has 104 valence electrons. The van der Waals surface area contributed by atoms with Gasteiger partial charge in [-0.25, -0.2) is 0 Å². The van der Waals surface area contributed by atoms with Crippen LogP contribution in [0.1, 0.15) is 30.9 Å². The Morgan fingerprint density at radius 1 is 1.53 bits per heavy atom. The van der Waals surface area contributed by atoms with Gasteiger partial charge in [-0.05, 0) is 50.4 Å². The summed E-state index contributed by atoms with van der Waals surface area (Å²) in [5.41, 5.74) is 2.21. The Morgan fingerprint density at radius 3 is 3.00 bits per heavy atom. The van der Waals surface area contributed by atoms with Crippen molar-refractivity contribution in [3.63, 3.8) is 0 Å². The molecule has 0 bridgehead atoms. The number of benzene rings is 1. The molecule has 0 saturated carbocycles. The van der Waals surface area contributed by atoms with E-state index in [2.05, 4.69) is 16.7 Å². The number of nitrogens with one attached hydrogen (secondary N) is 2. The highest BCUT2D eigenvalue weighted by atomic mass is 16.5. The summed E-state index contributed by atoms with van der Waals surface area (Å²) in [7, 11) is 0. The molecule has 1 fully saturated rings. The summed E-state index contributed by atoms with van der Waals surface area (Å²) >= 11 is 0. The van der Waals surface area contributed by atoms with E-state index in [1.807, 2.05) is 26.0 Å². The van der Waals surface area contributed by atoms with Crippen LogP contribution in [-0.2, 0) is 11.3 Å². The van der Waals surface area contributed by atoms with E-state index in [0.717, 1.165) is 36.3 Å². The molecule has 1 aromatic carbocycles. The summed E-state index contributed by atoms with van der Waals surface area (Å²) in [6.07, 6.45) is 2.02. The Morgan fingerprint density at radius 2 is 2.37 bits per heavy atom. The van der Waals surface area contributed by atoms with Gasteiger partial charge in [0.2, 0.25) is 5.91 Å². The van der Waals surface area contributed by atoms with E-state index in [1.165, 1.54) is 0 Å². The second-order valence-corrected chi connectivity index (χ2v) is 4.90. The monoisotopic (exact) mass is 262 g/mol. The van der Waals surface area contributed by atoms with Crippen LogP contribution in [0.15, 0.2) is 18.2 Å². The Hall–Kier alpha value is -1.55. The predicted molar refractivity (Wildman–Crippen MR) is 75.2 cm³/mol. The third-order valence-electron chi connectivity index (χ3n) is 3.38. The van der Waals surface area contributed by atoms with Crippen LogP contribution in [0.25, 0.3) is 0 Å². The van der Waals surface area contributed by atoms with E-state index < -0.39 is 0 Å². The summed E-state index contributed by atoms with van der Waals surface area (Å²) in [4.78, 5) is 11.9. The van der Waals surface area contributed by atoms with Crippen molar-refractivity contribution in [2.75, 3.05) is 13.2 Å². The molecule has 0 aromatic heterocycles. The topological polar surface area (TPSA) is 50.4 Å². The fourth-order valence-electron chi connectivity index (χ4n) is 2.36. The molecule has 1 saturated heterocycles. The van der Waals surface area contributed by atoms with Crippen molar-refractivity contribution in [3.8, 4) is 5.75 Å². The Kier molecular flexibility index (Phi) is 4.80. The normalized spacial score (nSPS) is 18.3. The molecule has 1 heterocycles. The lowest BCUT2D eigenvalue weighted by Crippen LogP contribution is -2.39. The second-order valence-electron chi connectivity index (χ2n) is 4.90. The molecule has 0 radical (unpaired) electrons. The molecule has 1 aromatic rings. The van der Waals surface area contributed by atoms with Crippen molar-refractivity contribution < 1.29 is 9.53 Å². The summed E-state index contributed by atoms with van der Waals surface area (Å²) < 4.78 is 5.50. The lowest BCUT2D eigenvalue weighted by molar-refractivity contribution is -0.122. The van der Waals surface area contributed by atoms with Gasteiger partial charge in [0.15, 0.2) is 0 Å². The van der Waals surface area contributed by atoms with Crippen LogP contribution in [0.2, 0.25) is 0 Å². The Balaban J connectivity index is 1.88. The summed E-state index contributed by atoms with van der Waals surface area (Å²) in [5, 5.41) is 6.18. The van der Waals surface area contributed by atoms with Gasteiger partial charge in [-0.2, -0.15) is 0 Å². The van der Waals surface area contributed by atoms with Crippen LogP contribution in [-0.4, -0.2) is 25.1 Å². The van der Waals surface area contributed by atoms with Crippen LogP contribution in [0.5, 0.6) is 5.75 Å². The number of carbonyl (C=O) groups is 1. The molecule has 2 rings (SSSR count). The number of aryl methyl sites for hydroxylation is 1. The van der Waals surface area contributed by atoms with E-state index in [9.17, 15) is 4.79 Å². The van der Waals surface area contributed by atoms with Gasteiger partial charge in [0.1, 0.15) is 5.75 Å². The van der Waals surface area contributed by atoms with E-state index in [-0.39, 0.29) is 11.9 Å². The van der Waals surface area contributed by atoms with Crippen molar-refractivity contribution >= 4 is 5.91 Å². The molecule has 1 aliphatic heterocycles. The lowest BCUT2D eigenvalue weighted by Gasteiger charge is -2.12. The van der Waals surface area contributed by atoms with Gasteiger partial charge in [0, 0.05) is 6.54 Å². The number of amides is 1. The smallest absolute Gasteiger partial charge is 0.237 e. The molecule has 4 nitrogen and oxygen atoms in total.